The molecule has 2 aliphatic rings. The maximum absolute atomic E-state index is 12.1. The number of fused-ring (bicyclic) bond motifs is 2. The van der Waals surface area contributed by atoms with Gasteiger partial charge in [0.05, 0.1) is 11.6 Å². The Balaban J connectivity index is 1.71. The molecule has 0 unspecified atom stereocenters. The number of ether oxygens (including phenoxy) is 1. The molecule has 0 N–H and O–H groups in total. The highest BCUT2D eigenvalue weighted by Gasteiger charge is 2.46. The molecule has 0 aromatic heterocycles. The lowest BCUT2D eigenvalue weighted by Crippen LogP contribution is -2.43. The highest BCUT2D eigenvalue weighted by molar-refractivity contribution is 5.89. The Morgan fingerprint density at radius 1 is 1.26 bits per heavy atom. The van der Waals surface area contributed by atoms with Gasteiger partial charge in [0.25, 0.3) is 0 Å². The van der Waals surface area contributed by atoms with Crippen molar-refractivity contribution >= 4 is 11.8 Å². The third-order valence-electron chi connectivity index (χ3n) is 4.20. The standard InChI is InChI=1S/C15H17NO3/c1-16-11-7-12(17)9-13(16)14(8-11)19-15(18)10-5-3-2-4-6-10/h2-6,11,13-14H,7-9H2,1H3/t11-,13+,14-/m0/s1. The summed E-state index contributed by atoms with van der Waals surface area (Å²) in [6.07, 6.45) is 1.70. The van der Waals surface area contributed by atoms with Gasteiger partial charge >= 0.3 is 5.97 Å². The number of rotatable bonds is 2. The molecule has 0 amide bonds. The summed E-state index contributed by atoms with van der Waals surface area (Å²) in [4.78, 5) is 25.8. The van der Waals surface area contributed by atoms with E-state index >= 15 is 0 Å². The Labute approximate surface area is 112 Å². The van der Waals surface area contributed by atoms with Gasteiger partial charge in [-0.05, 0) is 19.2 Å². The van der Waals surface area contributed by atoms with E-state index in [4.69, 9.17) is 4.74 Å². The Kier molecular flexibility index (Phi) is 3.11. The molecule has 2 heterocycles. The fraction of sp³-hybridized carbons (Fsp3) is 0.467. The van der Waals surface area contributed by atoms with E-state index in [1.807, 2.05) is 25.2 Å². The average molecular weight is 259 g/mol. The van der Waals surface area contributed by atoms with Crippen LogP contribution < -0.4 is 0 Å². The van der Waals surface area contributed by atoms with E-state index < -0.39 is 0 Å². The van der Waals surface area contributed by atoms with E-state index in [2.05, 4.69) is 4.90 Å². The summed E-state index contributed by atoms with van der Waals surface area (Å²) < 4.78 is 5.60. The van der Waals surface area contributed by atoms with Crippen LogP contribution in [0.15, 0.2) is 30.3 Å². The first-order valence-corrected chi connectivity index (χ1v) is 6.65. The maximum Gasteiger partial charge on any atom is 0.338 e. The Morgan fingerprint density at radius 2 is 2.00 bits per heavy atom. The van der Waals surface area contributed by atoms with Gasteiger partial charge in [-0.3, -0.25) is 9.69 Å². The number of hydrogen-bond acceptors (Lipinski definition) is 4. The zero-order valence-corrected chi connectivity index (χ0v) is 10.9. The van der Waals surface area contributed by atoms with Crippen LogP contribution in [0.3, 0.4) is 0 Å². The van der Waals surface area contributed by atoms with Crippen molar-refractivity contribution in [3.63, 3.8) is 0 Å². The van der Waals surface area contributed by atoms with Gasteiger partial charge in [-0.2, -0.15) is 0 Å². The first kappa shape index (κ1) is 12.4. The normalized spacial score (nSPS) is 30.4. The molecule has 1 aromatic carbocycles. The highest BCUT2D eigenvalue weighted by Crippen LogP contribution is 2.34. The van der Waals surface area contributed by atoms with Gasteiger partial charge in [-0.1, -0.05) is 18.2 Å². The van der Waals surface area contributed by atoms with E-state index in [9.17, 15) is 9.59 Å². The van der Waals surface area contributed by atoms with Crippen molar-refractivity contribution in [1.82, 2.24) is 4.90 Å². The molecule has 4 heteroatoms. The van der Waals surface area contributed by atoms with Crippen molar-refractivity contribution < 1.29 is 14.3 Å². The third kappa shape index (κ3) is 2.28. The van der Waals surface area contributed by atoms with E-state index in [0.717, 1.165) is 6.42 Å². The van der Waals surface area contributed by atoms with E-state index in [1.165, 1.54) is 0 Å². The number of hydrogen-bond donors (Lipinski definition) is 0. The molecule has 3 rings (SSSR count). The van der Waals surface area contributed by atoms with Gasteiger partial charge < -0.3 is 4.74 Å². The van der Waals surface area contributed by atoms with Crippen LogP contribution in [0, 0.1) is 0 Å². The van der Waals surface area contributed by atoms with Crippen molar-refractivity contribution in [1.29, 1.82) is 0 Å². The van der Waals surface area contributed by atoms with Crippen molar-refractivity contribution in [3.05, 3.63) is 35.9 Å². The molecule has 4 nitrogen and oxygen atoms in total. The number of likely N-dealkylation sites (N-methyl/N-ethyl adjacent to an activating group) is 1. The molecule has 3 atom stereocenters. The SMILES string of the molecule is CN1[C@H]2CC(=O)C[C@@H]1[C@@H](OC(=O)c1ccccc1)C2. The molecule has 0 aliphatic carbocycles. The molecule has 2 saturated heterocycles. The number of benzene rings is 1. The molecule has 2 aliphatic heterocycles. The summed E-state index contributed by atoms with van der Waals surface area (Å²) >= 11 is 0. The van der Waals surface area contributed by atoms with Gasteiger partial charge in [0.2, 0.25) is 0 Å². The predicted molar refractivity (Wildman–Crippen MR) is 69.8 cm³/mol. The highest BCUT2D eigenvalue weighted by atomic mass is 16.5. The summed E-state index contributed by atoms with van der Waals surface area (Å²) in [6, 6.07) is 9.29. The van der Waals surface area contributed by atoms with Crippen molar-refractivity contribution in [2.75, 3.05) is 7.05 Å². The first-order chi connectivity index (χ1) is 9.15. The zero-order valence-electron chi connectivity index (χ0n) is 10.9. The molecule has 0 spiro atoms. The Morgan fingerprint density at radius 3 is 2.74 bits per heavy atom. The van der Waals surface area contributed by atoms with Crippen molar-refractivity contribution in [2.45, 2.75) is 37.5 Å². The maximum atomic E-state index is 12.1. The van der Waals surface area contributed by atoms with Crippen molar-refractivity contribution in [2.24, 2.45) is 0 Å². The summed E-state index contributed by atoms with van der Waals surface area (Å²) in [5.74, 6) is -0.00893. The molecular weight excluding hydrogens is 242 g/mol. The van der Waals surface area contributed by atoms with Crippen LogP contribution in [0.2, 0.25) is 0 Å². The average Bonchev–Trinajstić information content (AvgIpc) is 2.60. The van der Waals surface area contributed by atoms with E-state index in [0.29, 0.717) is 18.4 Å². The summed E-state index contributed by atoms with van der Waals surface area (Å²) in [5.41, 5.74) is 0.568. The van der Waals surface area contributed by atoms with Crippen LogP contribution in [-0.2, 0) is 9.53 Å². The third-order valence-corrected chi connectivity index (χ3v) is 4.20. The Hall–Kier alpha value is -1.68. The molecule has 0 saturated carbocycles. The lowest BCUT2D eigenvalue weighted by Gasteiger charge is -2.30. The van der Waals surface area contributed by atoms with E-state index in [1.54, 1.807) is 12.1 Å². The molecular formula is C15H17NO3. The number of carbonyl (C=O) groups excluding carboxylic acids is 2. The Bertz CT molecular complexity index is 499. The van der Waals surface area contributed by atoms with E-state index in [-0.39, 0.29) is 29.9 Å². The van der Waals surface area contributed by atoms with Crippen molar-refractivity contribution in [3.8, 4) is 0 Å². The molecule has 1 aromatic rings. The number of carbonyl (C=O) groups is 2. The monoisotopic (exact) mass is 259 g/mol. The lowest BCUT2D eigenvalue weighted by atomic mass is 10.0. The smallest absolute Gasteiger partial charge is 0.338 e. The second-order valence-electron chi connectivity index (χ2n) is 5.38. The predicted octanol–water partition coefficient (Wildman–Crippen LogP) is 1.65. The first-order valence-electron chi connectivity index (χ1n) is 6.65. The van der Waals surface area contributed by atoms with Crippen LogP contribution >= 0.6 is 0 Å². The number of Topliss-reactive ketones (excluding diaryl/α,β-unsaturated/α-hetero) is 1. The number of ketones is 1. The summed E-state index contributed by atoms with van der Waals surface area (Å²) in [5, 5.41) is 0. The fourth-order valence-corrected chi connectivity index (χ4v) is 3.11. The van der Waals surface area contributed by atoms with Crippen LogP contribution in [0.5, 0.6) is 0 Å². The molecule has 2 fully saturated rings. The fourth-order valence-electron chi connectivity index (χ4n) is 3.11. The molecule has 100 valence electrons. The summed E-state index contributed by atoms with van der Waals surface area (Å²) in [6.45, 7) is 0. The van der Waals surface area contributed by atoms with Crippen LogP contribution in [0.4, 0.5) is 0 Å². The van der Waals surface area contributed by atoms with Gasteiger partial charge in [-0.25, -0.2) is 4.79 Å². The van der Waals surface area contributed by atoms with Crippen LogP contribution in [0.1, 0.15) is 29.6 Å². The molecule has 19 heavy (non-hydrogen) atoms. The lowest BCUT2D eigenvalue weighted by molar-refractivity contribution is -0.123. The quantitative estimate of drug-likeness (QED) is 0.758. The van der Waals surface area contributed by atoms with Crippen LogP contribution in [-0.4, -0.2) is 41.9 Å². The second kappa shape index (κ2) is 4.78. The number of piperidine rings is 1. The number of nitrogens with zero attached hydrogens (tertiary/aromatic N) is 1. The molecule has 2 bridgehead atoms. The van der Waals surface area contributed by atoms with Crippen LogP contribution in [0.25, 0.3) is 0 Å². The van der Waals surface area contributed by atoms with Gasteiger partial charge in [0.1, 0.15) is 11.9 Å². The largest absolute Gasteiger partial charge is 0.457 e. The zero-order chi connectivity index (χ0) is 13.4. The van der Waals surface area contributed by atoms with Gasteiger partial charge in [0, 0.05) is 25.3 Å². The van der Waals surface area contributed by atoms with Gasteiger partial charge in [0.15, 0.2) is 0 Å². The minimum Gasteiger partial charge on any atom is -0.457 e. The summed E-state index contributed by atoms with van der Waals surface area (Å²) in [7, 11) is 2.01. The second-order valence-corrected chi connectivity index (χ2v) is 5.38. The minimum absolute atomic E-state index is 0.0545. The molecule has 0 radical (unpaired) electrons. The minimum atomic E-state index is -0.293. The van der Waals surface area contributed by atoms with Gasteiger partial charge in [-0.15, -0.1) is 0 Å². The number of esters is 1. The topological polar surface area (TPSA) is 46.6 Å².